The molecular weight excluding hydrogens is 152 g/mol. The topological polar surface area (TPSA) is 49.5 Å². The largest absolute Gasteiger partial charge is 0.511 e. The molecule has 68 valence electrons. The summed E-state index contributed by atoms with van der Waals surface area (Å²) in [7, 11) is 0. The highest BCUT2D eigenvalue weighted by atomic mass is 16.3. The Bertz CT molecular complexity index is 211. The predicted molar refractivity (Wildman–Crippen MR) is 47.4 cm³/mol. The van der Waals surface area contributed by atoms with Gasteiger partial charge in [-0.1, -0.05) is 6.58 Å². The molecule has 12 heavy (non-hydrogen) atoms. The van der Waals surface area contributed by atoms with Gasteiger partial charge < -0.3 is 5.11 Å². The molecule has 2 fully saturated rings. The lowest BCUT2D eigenvalue weighted by atomic mass is 9.88. The van der Waals surface area contributed by atoms with Crippen LogP contribution in [0.2, 0.25) is 0 Å². The maximum absolute atomic E-state index is 9.29. The summed E-state index contributed by atoms with van der Waals surface area (Å²) in [6.07, 6.45) is 4.81. The van der Waals surface area contributed by atoms with Crippen molar-refractivity contribution in [3.8, 4) is 0 Å². The van der Waals surface area contributed by atoms with Gasteiger partial charge in [-0.25, -0.2) is 5.01 Å². The molecule has 1 heterocycles. The van der Waals surface area contributed by atoms with E-state index in [-0.39, 0.29) is 11.8 Å². The minimum Gasteiger partial charge on any atom is -0.511 e. The fourth-order valence-corrected chi connectivity index (χ4v) is 2.09. The molecule has 0 aromatic carbocycles. The Hall–Kier alpha value is -0.540. The molecule has 2 rings (SSSR count). The molecule has 0 radical (unpaired) electrons. The summed E-state index contributed by atoms with van der Waals surface area (Å²) < 4.78 is 0. The number of hydrogen-bond donors (Lipinski definition) is 2. The number of nitrogens with two attached hydrogens (primary N) is 1. The highest BCUT2D eigenvalue weighted by Gasteiger charge is 2.48. The highest BCUT2D eigenvalue weighted by molar-refractivity contribution is 5.07. The number of aliphatic hydroxyl groups is 1. The number of hydrogen-bond acceptors (Lipinski definition) is 3. The molecule has 3 N–H and O–H groups in total. The molecule has 1 spiro atoms. The van der Waals surface area contributed by atoms with Crippen LogP contribution in [0, 0.1) is 5.41 Å². The van der Waals surface area contributed by atoms with Crippen LogP contribution in [0.1, 0.15) is 25.7 Å². The molecule has 0 aromatic rings. The fourth-order valence-electron chi connectivity index (χ4n) is 2.09. The van der Waals surface area contributed by atoms with Crippen LogP contribution in [0.15, 0.2) is 12.3 Å². The van der Waals surface area contributed by atoms with E-state index < -0.39 is 0 Å². The zero-order valence-electron chi connectivity index (χ0n) is 7.29. The fraction of sp³-hybridized carbons (Fsp3) is 0.778. The number of aliphatic hydroxyl groups excluding tert-OH is 1. The zero-order valence-corrected chi connectivity index (χ0v) is 7.29. The molecule has 1 aliphatic carbocycles. The van der Waals surface area contributed by atoms with Crippen molar-refractivity contribution in [2.45, 2.75) is 31.7 Å². The van der Waals surface area contributed by atoms with E-state index in [1.54, 1.807) is 5.01 Å². The number of hydrazine groups is 1. The molecular formula is C9H16N2O. The van der Waals surface area contributed by atoms with Crippen molar-refractivity contribution in [1.29, 1.82) is 0 Å². The third-order valence-corrected chi connectivity index (χ3v) is 3.27. The van der Waals surface area contributed by atoms with Crippen LogP contribution in [-0.4, -0.2) is 22.7 Å². The summed E-state index contributed by atoms with van der Waals surface area (Å²) in [6, 6.07) is 0.00116. The third kappa shape index (κ3) is 1.23. The van der Waals surface area contributed by atoms with Crippen LogP contribution in [-0.2, 0) is 0 Å². The Balaban J connectivity index is 2.05. The SMILES string of the molecule is C=C(O)[C@H]1CC2(CCN1N)CC2. The van der Waals surface area contributed by atoms with E-state index in [9.17, 15) is 5.11 Å². The molecule has 0 aromatic heterocycles. The van der Waals surface area contributed by atoms with Gasteiger partial charge in [-0.05, 0) is 31.1 Å². The summed E-state index contributed by atoms with van der Waals surface area (Å²) in [5.41, 5.74) is 0.520. The van der Waals surface area contributed by atoms with E-state index in [0.29, 0.717) is 5.41 Å². The van der Waals surface area contributed by atoms with Gasteiger partial charge in [0.15, 0.2) is 0 Å². The first-order valence-electron chi connectivity index (χ1n) is 4.52. The lowest BCUT2D eigenvalue weighted by Crippen LogP contribution is -2.48. The van der Waals surface area contributed by atoms with Crippen LogP contribution in [0.3, 0.4) is 0 Å². The summed E-state index contributed by atoms with van der Waals surface area (Å²) in [5, 5.41) is 11.0. The van der Waals surface area contributed by atoms with Gasteiger partial charge >= 0.3 is 0 Å². The van der Waals surface area contributed by atoms with Crippen molar-refractivity contribution < 1.29 is 5.11 Å². The standard InChI is InChI=1S/C9H16N2O/c1-7(12)8-6-9(2-3-9)4-5-11(8)10/h8,12H,1-6,10H2/t8-/m1/s1. The maximum Gasteiger partial charge on any atom is 0.104 e. The molecule has 0 bridgehead atoms. The van der Waals surface area contributed by atoms with Gasteiger partial charge in [0.05, 0.1) is 6.04 Å². The lowest BCUT2D eigenvalue weighted by Gasteiger charge is -2.36. The molecule has 0 unspecified atom stereocenters. The van der Waals surface area contributed by atoms with Crippen LogP contribution in [0.4, 0.5) is 0 Å². The second-order valence-electron chi connectivity index (χ2n) is 4.20. The summed E-state index contributed by atoms with van der Waals surface area (Å²) >= 11 is 0. The normalized spacial score (nSPS) is 33.6. The lowest BCUT2D eigenvalue weighted by molar-refractivity contribution is 0.0953. The third-order valence-electron chi connectivity index (χ3n) is 3.27. The maximum atomic E-state index is 9.29. The smallest absolute Gasteiger partial charge is 0.104 e. The molecule has 1 saturated heterocycles. The Morgan fingerprint density at radius 2 is 2.17 bits per heavy atom. The van der Waals surface area contributed by atoms with Crippen LogP contribution in [0.5, 0.6) is 0 Å². The van der Waals surface area contributed by atoms with Crippen molar-refractivity contribution >= 4 is 0 Å². The Morgan fingerprint density at radius 1 is 1.50 bits per heavy atom. The quantitative estimate of drug-likeness (QED) is 0.456. The van der Waals surface area contributed by atoms with Crippen LogP contribution in [0.25, 0.3) is 0 Å². The molecule has 1 aliphatic heterocycles. The van der Waals surface area contributed by atoms with E-state index >= 15 is 0 Å². The van der Waals surface area contributed by atoms with Crippen molar-refractivity contribution in [2.75, 3.05) is 6.54 Å². The first kappa shape index (κ1) is 8.08. The molecule has 3 heteroatoms. The van der Waals surface area contributed by atoms with Gasteiger partial charge in [-0.15, -0.1) is 0 Å². The minimum atomic E-state index is 0.00116. The first-order chi connectivity index (χ1) is 5.63. The van der Waals surface area contributed by atoms with Crippen LogP contribution < -0.4 is 5.84 Å². The predicted octanol–water partition coefficient (Wildman–Crippen LogP) is 1.18. The second-order valence-corrected chi connectivity index (χ2v) is 4.20. The first-order valence-corrected chi connectivity index (χ1v) is 4.52. The average molecular weight is 168 g/mol. The van der Waals surface area contributed by atoms with Gasteiger partial charge in [0.1, 0.15) is 5.76 Å². The number of piperidine rings is 1. The molecule has 3 nitrogen and oxygen atoms in total. The van der Waals surface area contributed by atoms with Gasteiger partial charge in [-0.2, -0.15) is 0 Å². The van der Waals surface area contributed by atoms with Gasteiger partial charge in [0.25, 0.3) is 0 Å². The Kier molecular flexibility index (Phi) is 1.66. The van der Waals surface area contributed by atoms with Crippen molar-refractivity contribution in [3.63, 3.8) is 0 Å². The number of rotatable bonds is 1. The Morgan fingerprint density at radius 3 is 2.67 bits per heavy atom. The summed E-state index contributed by atoms with van der Waals surface area (Å²) in [6.45, 7) is 4.45. The van der Waals surface area contributed by atoms with E-state index in [1.165, 1.54) is 19.3 Å². The highest BCUT2D eigenvalue weighted by Crippen LogP contribution is 2.55. The average Bonchev–Trinajstić information content (AvgIpc) is 2.76. The summed E-state index contributed by atoms with van der Waals surface area (Å²) in [5.74, 6) is 5.97. The van der Waals surface area contributed by atoms with E-state index in [4.69, 9.17) is 5.84 Å². The van der Waals surface area contributed by atoms with Gasteiger partial charge in [-0.3, -0.25) is 5.84 Å². The number of nitrogens with zero attached hydrogens (tertiary/aromatic N) is 1. The molecule has 2 aliphatic rings. The van der Waals surface area contributed by atoms with Crippen molar-refractivity contribution in [3.05, 3.63) is 12.3 Å². The van der Waals surface area contributed by atoms with Gasteiger partial charge in [0, 0.05) is 6.54 Å². The van der Waals surface area contributed by atoms with E-state index in [2.05, 4.69) is 6.58 Å². The van der Waals surface area contributed by atoms with Crippen molar-refractivity contribution in [1.82, 2.24) is 5.01 Å². The van der Waals surface area contributed by atoms with E-state index in [0.717, 1.165) is 13.0 Å². The summed E-state index contributed by atoms with van der Waals surface area (Å²) in [4.78, 5) is 0. The molecule has 1 saturated carbocycles. The zero-order chi connectivity index (χ0) is 8.77. The van der Waals surface area contributed by atoms with E-state index in [1.807, 2.05) is 0 Å². The van der Waals surface area contributed by atoms with Crippen molar-refractivity contribution in [2.24, 2.45) is 11.3 Å². The molecule has 1 atom stereocenters. The minimum absolute atomic E-state index is 0.00116. The monoisotopic (exact) mass is 168 g/mol. The Labute approximate surface area is 72.8 Å². The van der Waals surface area contributed by atoms with Gasteiger partial charge in [0.2, 0.25) is 0 Å². The van der Waals surface area contributed by atoms with Crippen LogP contribution >= 0.6 is 0 Å². The second kappa shape index (κ2) is 2.47. The molecule has 0 amide bonds.